The molecule has 1 rings (SSSR count). The fourth-order valence-electron chi connectivity index (χ4n) is 2.66. The molecule has 6 heteroatoms. The van der Waals surface area contributed by atoms with Gasteiger partial charge in [-0.25, -0.2) is 0 Å². The van der Waals surface area contributed by atoms with Gasteiger partial charge in [0.1, 0.15) is 0 Å². The highest BCUT2D eigenvalue weighted by Crippen LogP contribution is 2.36. The second-order valence-electron chi connectivity index (χ2n) is 7.11. The van der Waals surface area contributed by atoms with Gasteiger partial charge in [0.15, 0.2) is 0 Å². The SMILES string of the molecule is CC(C)COC(=O)C1CCC(C(=O)OCC(C)C)C(C(=O)O)C1. The van der Waals surface area contributed by atoms with Crippen LogP contribution in [0, 0.1) is 29.6 Å². The van der Waals surface area contributed by atoms with Gasteiger partial charge < -0.3 is 14.6 Å². The number of ether oxygens (including phenoxy) is 2. The van der Waals surface area contributed by atoms with Gasteiger partial charge in [-0.3, -0.25) is 14.4 Å². The number of carboxylic acids is 1. The highest BCUT2D eigenvalue weighted by Gasteiger charge is 2.42. The minimum atomic E-state index is -1.06. The molecule has 3 atom stereocenters. The van der Waals surface area contributed by atoms with E-state index in [0.717, 1.165) is 0 Å². The minimum absolute atomic E-state index is 0.133. The third-order valence-electron chi connectivity index (χ3n) is 3.92. The molecule has 23 heavy (non-hydrogen) atoms. The van der Waals surface area contributed by atoms with Crippen molar-refractivity contribution in [2.24, 2.45) is 29.6 Å². The van der Waals surface area contributed by atoms with E-state index in [1.54, 1.807) is 0 Å². The Hall–Kier alpha value is -1.59. The van der Waals surface area contributed by atoms with Crippen LogP contribution in [-0.2, 0) is 23.9 Å². The normalized spacial score (nSPS) is 24.5. The number of carbonyl (C=O) groups is 3. The molecule has 1 aliphatic rings. The minimum Gasteiger partial charge on any atom is -0.481 e. The zero-order valence-corrected chi connectivity index (χ0v) is 14.4. The summed E-state index contributed by atoms with van der Waals surface area (Å²) in [4.78, 5) is 35.6. The molecule has 132 valence electrons. The summed E-state index contributed by atoms with van der Waals surface area (Å²) in [5.74, 6) is -3.48. The summed E-state index contributed by atoms with van der Waals surface area (Å²) in [5.41, 5.74) is 0. The van der Waals surface area contributed by atoms with Crippen LogP contribution in [0.1, 0.15) is 47.0 Å². The highest BCUT2D eigenvalue weighted by molar-refractivity contribution is 5.83. The summed E-state index contributed by atoms with van der Waals surface area (Å²) in [5, 5.41) is 9.39. The summed E-state index contributed by atoms with van der Waals surface area (Å²) in [6, 6.07) is 0. The van der Waals surface area contributed by atoms with E-state index in [1.807, 2.05) is 27.7 Å². The first kappa shape index (κ1) is 19.5. The van der Waals surface area contributed by atoms with Crippen LogP contribution in [0.15, 0.2) is 0 Å². The number of carboxylic acid groups (broad SMARTS) is 1. The molecule has 0 radical (unpaired) electrons. The summed E-state index contributed by atoms with van der Waals surface area (Å²) in [7, 11) is 0. The highest BCUT2D eigenvalue weighted by atomic mass is 16.5. The number of carbonyl (C=O) groups excluding carboxylic acids is 2. The van der Waals surface area contributed by atoms with Crippen molar-refractivity contribution in [1.29, 1.82) is 0 Å². The van der Waals surface area contributed by atoms with Crippen LogP contribution in [0.25, 0.3) is 0 Å². The lowest BCUT2D eigenvalue weighted by atomic mass is 9.74. The first-order valence-corrected chi connectivity index (χ1v) is 8.28. The summed E-state index contributed by atoms with van der Waals surface area (Å²) >= 11 is 0. The van der Waals surface area contributed by atoms with Crippen LogP contribution in [0.3, 0.4) is 0 Å². The molecular weight excluding hydrogens is 300 g/mol. The topological polar surface area (TPSA) is 89.9 Å². The Kier molecular flexibility index (Phi) is 7.52. The van der Waals surface area contributed by atoms with Gasteiger partial charge in [-0.1, -0.05) is 27.7 Å². The molecule has 1 N–H and O–H groups in total. The maximum atomic E-state index is 12.1. The number of esters is 2. The maximum Gasteiger partial charge on any atom is 0.309 e. The molecule has 1 saturated carbocycles. The fourth-order valence-corrected chi connectivity index (χ4v) is 2.66. The Morgan fingerprint density at radius 1 is 0.913 bits per heavy atom. The Labute approximate surface area is 137 Å². The van der Waals surface area contributed by atoms with Crippen molar-refractivity contribution in [3.63, 3.8) is 0 Å². The van der Waals surface area contributed by atoms with Crippen LogP contribution in [-0.4, -0.2) is 36.2 Å². The lowest BCUT2D eigenvalue weighted by Gasteiger charge is -2.31. The maximum absolute atomic E-state index is 12.1. The molecule has 6 nitrogen and oxygen atoms in total. The van der Waals surface area contributed by atoms with E-state index in [9.17, 15) is 19.5 Å². The lowest BCUT2D eigenvalue weighted by Crippen LogP contribution is -2.39. The van der Waals surface area contributed by atoms with Crippen LogP contribution in [0.4, 0.5) is 0 Å². The standard InChI is InChI=1S/C17H28O6/c1-10(2)8-22-16(20)12-5-6-13(14(7-12)15(18)19)17(21)23-9-11(3)4/h10-14H,5-9H2,1-4H3,(H,18,19). The molecule has 0 heterocycles. The molecular formula is C17H28O6. The van der Waals surface area contributed by atoms with E-state index in [2.05, 4.69) is 0 Å². The van der Waals surface area contributed by atoms with Crippen molar-refractivity contribution in [1.82, 2.24) is 0 Å². The van der Waals surface area contributed by atoms with Crippen LogP contribution < -0.4 is 0 Å². The van der Waals surface area contributed by atoms with Gasteiger partial charge in [0.25, 0.3) is 0 Å². The average Bonchev–Trinajstić information content (AvgIpc) is 2.49. The monoisotopic (exact) mass is 328 g/mol. The van der Waals surface area contributed by atoms with Gasteiger partial charge in [0.2, 0.25) is 0 Å². The third kappa shape index (κ3) is 6.20. The van der Waals surface area contributed by atoms with Crippen molar-refractivity contribution in [2.75, 3.05) is 13.2 Å². The Morgan fingerprint density at radius 3 is 1.91 bits per heavy atom. The second-order valence-corrected chi connectivity index (χ2v) is 7.11. The van der Waals surface area contributed by atoms with Crippen LogP contribution >= 0.6 is 0 Å². The molecule has 1 aliphatic carbocycles. The van der Waals surface area contributed by atoms with E-state index in [4.69, 9.17) is 9.47 Å². The van der Waals surface area contributed by atoms with Crippen molar-refractivity contribution in [3.05, 3.63) is 0 Å². The zero-order valence-electron chi connectivity index (χ0n) is 14.4. The van der Waals surface area contributed by atoms with E-state index in [-0.39, 0.29) is 30.8 Å². The molecule has 0 bridgehead atoms. The molecule has 0 amide bonds. The van der Waals surface area contributed by atoms with E-state index in [1.165, 1.54) is 0 Å². The smallest absolute Gasteiger partial charge is 0.309 e. The average molecular weight is 328 g/mol. The molecule has 0 aliphatic heterocycles. The summed E-state index contributed by atoms with van der Waals surface area (Å²) in [6.45, 7) is 8.32. The number of hydrogen-bond acceptors (Lipinski definition) is 5. The summed E-state index contributed by atoms with van der Waals surface area (Å²) in [6.07, 6.45) is 0.936. The predicted octanol–water partition coefficient (Wildman–Crippen LogP) is 2.50. The largest absolute Gasteiger partial charge is 0.481 e. The molecule has 3 unspecified atom stereocenters. The van der Waals surface area contributed by atoms with Crippen molar-refractivity contribution >= 4 is 17.9 Å². The van der Waals surface area contributed by atoms with Gasteiger partial charge in [0, 0.05) is 0 Å². The van der Waals surface area contributed by atoms with Crippen LogP contribution in [0.2, 0.25) is 0 Å². The Bertz CT molecular complexity index is 429. The van der Waals surface area contributed by atoms with Gasteiger partial charge in [-0.2, -0.15) is 0 Å². The fraction of sp³-hybridized carbons (Fsp3) is 0.824. The Morgan fingerprint density at radius 2 is 1.43 bits per heavy atom. The summed E-state index contributed by atoms with van der Waals surface area (Å²) < 4.78 is 10.4. The molecule has 0 saturated heterocycles. The van der Waals surface area contributed by atoms with Crippen molar-refractivity contribution in [2.45, 2.75) is 47.0 Å². The molecule has 0 aromatic carbocycles. The lowest BCUT2D eigenvalue weighted by molar-refractivity contribution is -0.165. The number of hydrogen-bond donors (Lipinski definition) is 1. The van der Waals surface area contributed by atoms with Crippen LogP contribution in [0.5, 0.6) is 0 Å². The molecule has 0 aromatic heterocycles. The quantitative estimate of drug-likeness (QED) is 0.722. The second kappa shape index (κ2) is 8.89. The first-order chi connectivity index (χ1) is 10.7. The van der Waals surface area contributed by atoms with Gasteiger partial charge in [-0.15, -0.1) is 0 Å². The van der Waals surface area contributed by atoms with Gasteiger partial charge in [-0.05, 0) is 31.1 Å². The van der Waals surface area contributed by atoms with E-state index in [0.29, 0.717) is 19.4 Å². The predicted molar refractivity (Wildman–Crippen MR) is 83.6 cm³/mol. The Balaban J connectivity index is 2.65. The third-order valence-corrected chi connectivity index (χ3v) is 3.92. The number of aliphatic carboxylic acids is 1. The number of rotatable bonds is 7. The van der Waals surface area contributed by atoms with E-state index < -0.39 is 29.7 Å². The molecule has 1 fully saturated rings. The van der Waals surface area contributed by atoms with Crippen molar-refractivity contribution in [3.8, 4) is 0 Å². The molecule has 0 aromatic rings. The molecule has 0 spiro atoms. The van der Waals surface area contributed by atoms with Gasteiger partial charge >= 0.3 is 17.9 Å². The van der Waals surface area contributed by atoms with Gasteiger partial charge in [0.05, 0.1) is 31.0 Å². The van der Waals surface area contributed by atoms with E-state index >= 15 is 0 Å². The zero-order chi connectivity index (χ0) is 17.6. The van der Waals surface area contributed by atoms with Crippen molar-refractivity contribution < 1.29 is 29.0 Å². The first-order valence-electron chi connectivity index (χ1n) is 8.28.